The predicted octanol–water partition coefficient (Wildman–Crippen LogP) is 5.96. The maximum absolute atomic E-state index is 13.4. The highest BCUT2D eigenvalue weighted by Crippen LogP contribution is 2.41. The maximum Gasteiger partial charge on any atom is 0.290 e. The highest BCUT2D eigenvalue weighted by molar-refractivity contribution is 7.12. The number of rotatable bonds is 5. The number of carbonyl (C=O) groups excluding carboxylic acids is 2. The number of benzene rings is 2. The summed E-state index contributed by atoms with van der Waals surface area (Å²) < 4.78 is 13.4. The van der Waals surface area contributed by atoms with Crippen molar-refractivity contribution in [1.29, 1.82) is 0 Å². The smallest absolute Gasteiger partial charge is 0.290 e. The van der Waals surface area contributed by atoms with Crippen molar-refractivity contribution in [2.45, 2.75) is 38.8 Å². The van der Waals surface area contributed by atoms with Crippen LogP contribution in [0.1, 0.15) is 53.2 Å². The van der Waals surface area contributed by atoms with Crippen LogP contribution in [0.5, 0.6) is 0 Å². The van der Waals surface area contributed by atoms with Crippen molar-refractivity contribution in [1.82, 2.24) is 4.90 Å². The van der Waals surface area contributed by atoms with Gasteiger partial charge in [-0.25, -0.2) is 4.39 Å². The van der Waals surface area contributed by atoms with E-state index < -0.39 is 17.7 Å². The minimum Gasteiger partial charge on any atom is -0.503 e. The van der Waals surface area contributed by atoms with Crippen LogP contribution < -0.4 is 0 Å². The summed E-state index contributed by atoms with van der Waals surface area (Å²) in [5.74, 6) is -1.88. The summed E-state index contributed by atoms with van der Waals surface area (Å²) in [4.78, 5) is 28.3. The van der Waals surface area contributed by atoms with Gasteiger partial charge in [0.1, 0.15) is 5.82 Å². The van der Waals surface area contributed by atoms with E-state index in [-0.39, 0.29) is 29.1 Å². The van der Waals surface area contributed by atoms with Gasteiger partial charge in [-0.3, -0.25) is 9.59 Å². The molecule has 164 valence electrons. The quantitative estimate of drug-likeness (QED) is 0.489. The van der Waals surface area contributed by atoms with Crippen molar-refractivity contribution in [2.75, 3.05) is 0 Å². The Morgan fingerprint density at radius 3 is 2.28 bits per heavy atom. The standard InChI is InChI=1S/C26H24FNO3S/c1-26(2,3)18-10-8-17(9-11-18)22-21(23(29)20-5-4-14-32-20)24(30)25(31)28(22)15-16-6-12-19(27)13-7-16/h4-14,22,30H,15H2,1-3H3. The molecule has 32 heavy (non-hydrogen) atoms. The Balaban J connectivity index is 1.78. The average Bonchev–Trinajstić information content (AvgIpc) is 3.38. The molecule has 1 N–H and O–H groups in total. The third kappa shape index (κ3) is 4.10. The van der Waals surface area contributed by atoms with Gasteiger partial charge in [-0.2, -0.15) is 0 Å². The van der Waals surface area contributed by atoms with Gasteiger partial charge in [0.2, 0.25) is 5.78 Å². The molecule has 0 saturated carbocycles. The number of aliphatic hydroxyl groups excluding tert-OH is 1. The van der Waals surface area contributed by atoms with E-state index in [1.165, 1.54) is 28.4 Å². The first-order chi connectivity index (χ1) is 15.2. The molecule has 0 fully saturated rings. The van der Waals surface area contributed by atoms with Crippen molar-refractivity contribution in [3.63, 3.8) is 0 Å². The van der Waals surface area contributed by atoms with Crippen LogP contribution in [0.2, 0.25) is 0 Å². The molecule has 2 heterocycles. The van der Waals surface area contributed by atoms with E-state index in [1.807, 2.05) is 24.3 Å². The first-order valence-corrected chi connectivity index (χ1v) is 11.2. The fourth-order valence-electron chi connectivity index (χ4n) is 3.89. The molecule has 1 aliphatic heterocycles. The molecule has 0 saturated heterocycles. The second-order valence-electron chi connectivity index (χ2n) is 8.90. The highest BCUT2D eigenvalue weighted by atomic mass is 32.1. The summed E-state index contributed by atoms with van der Waals surface area (Å²) in [6, 6.07) is 16.3. The summed E-state index contributed by atoms with van der Waals surface area (Å²) >= 11 is 1.26. The maximum atomic E-state index is 13.4. The van der Waals surface area contributed by atoms with E-state index in [9.17, 15) is 19.1 Å². The third-order valence-electron chi connectivity index (χ3n) is 5.65. The minimum absolute atomic E-state index is 0.0502. The Labute approximate surface area is 190 Å². The Morgan fingerprint density at radius 2 is 1.72 bits per heavy atom. The Kier molecular flexibility index (Phi) is 5.73. The van der Waals surface area contributed by atoms with Crippen LogP contribution in [0, 0.1) is 5.82 Å². The summed E-state index contributed by atoms with van der Waals surface area (Å²) in [5, 5.41) is 12.5. The molecule has 2 aromatic carbocycles. The lowest BCUT2D eigenvalue weighted by molar-refractivity contribution is -0.130. The second kappa shape index (κ2) is 8.36. The molecule has 1 atom stereocenters. The summed E-state index contributed by atoms with van der Waals surface area (Å²) in [7, 11) is 0. The van der Waals surface area contributed by atoms with Gasteiger partial charge in [0.15, 0.2) is 5.76 Å². The number of amides is 1. The number of halogens is 1. The summed E-state index contributed by atoms with van der Waals surface area (Å²) in [6.07, 6.45) is 0. The molecule has 1 aromatic heterocycles. The van der Waals surface area contributed by atoms with Crippen molar-refractivity contribution in [2.24, 2.45) is 0 Å². The second-order valence-corrected chi connectivity index (χ2v) is 9.85. The first kappa shape index (κ1) is 22.0. The van der Waals surface area contributed by atoms with Gasteiger partial charge in [-0.15, -0.1) is 11.3 Å². The fourth-order valence-corrected chi connectivity index (χ4v) is 4.57. The Morgan fingerprint density at radius 1 is 1.06 bits per heavy atom. The third-order valence-corrected chi connectivity index (χ3v) is 6.52. The van der Waals surface area contributed by atoms with Crippen LogP contribution in [0.15, 0.2) is 77.4 Å². The van der Waals surface area contributed by atoms with Crippen LogP contribution in [0.3, 0.4) is 0 Å². The predicted molar refractivity (Wildman–Crippen MR) is 123 cm³/mol. The van der Waals surface area contributed by atoms with Crippen LogP contribution in [0.4, 0.5) is 4.39 Å². The average molecular weight is 450 g/mol. The Hall–Kier alpha value is -3.25. The lowest BCUT2D eigenvalue weighted by atomic mass is 9.85. The number of Topliss-reactive ketones (excluding diaryl/α,β-unsaturated/α-hetero) is 1. The van der Waals surface area contributed by atoms with E-state index in [1.54, 1.807) is 29.6 Å². The molecule has 0 radical (unpaired) electrons. The summed E-state index contributed by atoms with van der Waals surface area (Å²) in [5.41, 5.74) is 2.58. The molecule has 0 spiro atoms. The number of ketones is 1. The zero-order valence-electron chi connectivity index (χ0n) is 18.1. The molecule has 1 aliphatic rings. The highest BCUT2D eigenvalue weighted by Gasteiger charge is 2.44. The topological polar surface area (TPSA) is 57.6 Å². The zero-order valence-corrected chi connectivity index (χ0v) is 18.9. The molecule has 4 nitrogen and oxygen atoms in total. The van der Waals surface area contributed by atoms with Crippen molar-refractivity contribution < 1.29 is 19.1 Å². The van der Waals surface area contributed by atoms with Crippen LogP contribution >= 0.6 is 11.3 Å². The van der Waals surface area contributed by atoms with Gasteiger partial charge >= 0.3 is 0 Å². The Bertz CT molecular complexity index is 1170. The van der Waals surface area contributed by atoms with Gasteiger partial charge in [0.25, 0.3) is 5.91 Å². The van der Waals surface area contributed by atoms with E-state index in [0.29, 0.717) is 10.4 Å². The van der Waals surface area contributed by atoms with E-state index in [4.69, 9.17) is 0 Å². The largest absolute Gasteiger partial charge is 0.503 e. The van der Waals surface area contributed by atoms with Crippen molar-refractivity contribution in [3.8, 4) is 0 Å². The number of nitrogens with zero attached hydrogens (tertiary/aromatic N) is 1. The van der Waals surface area contributed by atoms with Crippen LogP contribution in [-0.4, -0.2) is 21.7 Å². The van der Waals surface area contributed by atoms with Gasteiger partial charge in [0.05, 0.1) is 16.5 Å². The van der Waals surface area contributed by atoms with E-state index >= 15 is 0 Å². The molecule has 4 rings (SSSR count). The molecule has 0 bridgehead atoms. The van der Waals surface area contributed by atoms with Crippen LogP contribution in [0.25, 0.3) is 0 Å². The molecular formula is C26H24FNO3S. The number of hydrogen-bond donors (Lipinski definition) is 1. The zero-order chi connectivity index (χ0) is 23.0. The van der Waals surface area contributed by atoms with Crippen molar-refractivity contribution >= 4 is 23.0 Å². The number of carbonyl (C=O) groups is 2. The van der Waals surface area contributed by atoms with Gasteiger partial charge in [-0.05, 0) is 45.7 Å². The lowest BCUT2D eigenvalue weighted by Gasteiger charge is -2.28. The molecular weight excluding hydrogens is 425 g/mol. The monoisotopic (exact) mass is 449 g/mol. The molecule has 0 aliphatic carbocycles. The van der Waals surface area contributed by atoms with Crippen LogP contribution in [-0.2, 0) is 16.8 Å². The molecule has 1 amide bonds. The molecule has 3 aromatic rings. The fraction of sp³-hybridized carbons (Fsp3) is 0.231. The number of hydrogen-bond acceptors (Lipinski definition) is 4. The first-order valence-electron chi connectivity index (χ1n) is 10.3. The van der Waals surface area contributed by atoms with E-state index in [0.717, 1.165) is 11.1 Å². The lowest BCUT2D eigenvalue weighted by Crippen LogP contribution is -2.30. The van der Waals surface area contributed by atoms with Gasteiger partial charge < -0.3 is 10.0 Å². The SMILES string of the molecule is CC(C)(C)c1ccc(C2C(C(=O)c3cccs3)=C(O)C(=O)N2Cc2ccc(F)cc2)cc1. The van der Waals surface area contributed by atoms with Gasteiger partial charge in [-0.1, -0.05) is 63.2 Å². The normalized spacial score (nSPS) is 16.7. The van der Waals surface area contributed by atoms with Gasteiger partial charge in [0, 0.05) is 6.54 Å². The summed E-state index contributed by atoms with van der Waals surface area (Å²) in [6.45, 7) is 6.47. The molecule has 1 unspecified atom stereocenters. The van der Waals surface area contributed by atoms with E-state index in [2.05, 4.69) is 20.8 Å². The number of aliphatic hydroxyl groups is 1. The number of thiophene rings is 1. The minimum atomic E-state index is -0.740. The molecule has 6 heteroatoms. The van der Waals surface area contributed by atoms with Crippen molar-refractivity contribution in [3.05, 3.63) is 105 Å².